The number of benzene rings is 2. The van der Waals surface area contributed by atoms with Crippen molar-refractivity contribution in [3.63, 3.8) is 0 Å². The number of carbonyl (C=O) groups excluding carboxylic acids is 4. The van der Waals surface area contributed by atoms with E-state index in [1.54, 1.807) is 29.2 Å². The van der Waals surface area contributed by atoms with E-state index in [9.17, 15) is 37.6 Å². The molecule has 5 aliphatic rings. The fraction of sp³-hybridized carbons (Fsp3) is 0.439. The van der Waals surface area contributed by atoms with Crippen LogP contribution in [0.15, 0.2) is 54.7 Å². The first kappa shape index (κ1) is 40.2. The second kappa shape index (κ2) is 15.5. The second-order valence-electron chi connectivity index (χ2n) is 15.6. The van der Waals surface area contributed by atoms with Crippen molar-refractivity contribution in [2.24, 2.45) is 0 Å². The smallest absolute Gasteiger partial charge is 0.419 e. The lowest BCUT2D eigenvalue weighted by atomic mass is 9.75. The van der Waals surface area contributed by atoms with Gasteiger partial charge in [-0.25, -0.2) is 4.98 Å². The Kier molecular flexibility index (Phi) is 10.6. The molecule has 1 spiro atoms. The van der Waals surface area contributed by atoms with E-state index in [0.717, 1.165) is 35.7 Å². The second-order valence-corrected chi connectivity index (χ2v) is 15.9. The minimum atomic E-state index is -4.85. The molecule has 5 heterocycles. The minimum Gasteiger partial charge on any atom is -0.492 e. The molecule has 1 saturated carbocycles. The lowest BCUT2D eigenvalue weighted by Crippen LogP contribution is -2.55. The highest BCUT2D eigenvalue weighted by atomic mass is 32.1. The number of imide groups is 1. The molecule has 1 aromatic heterocycles. The van der Waals surface area contributed by atoms with Gasteiger partial charge in [-0.15, -0.1) is 0 Å². The molecule has 8 rings (SSSR count). The van der Waals surface area contributed by atoms with Crippen molar-refractivity contribution in [1.82, 2.24) is 20.1 Å². The summed E-state index contributed by atoms with van der Waals surface area (Å²) < 4.78 is 47.7. The largest absolute Gasteiger partial charge is 0.492 e. The molecule has 4 saturated heterocycles. The van der Waals surface area contributed by atoms with Crippen molar-refractivity contribution in [3.8, 4) is 11.8 Å². The first-order chi connectivity index (χ1) is 28.2. The van der Waals surface area contributed by atoms with Crippen LogP contribution in [0.1, 0.15) is 62.8 Å². The topological polar surface area (TPSA) is 163 Å². The molecule has 4 amide bonds. The highest BCUT2D eigenvalue weighted by Gasteiger charge is 2.60. The molecule has 5 atom stereocenters. The molecule has 59 heavy (non-hydrogen) atoms. The zero-order valence-corrected chi connectivity index (χ0v) is 33.2. The molecule has 0 radical (unpaired) electrons. The predicted molar refractivity (Wildman–Crippen MR) is 215 cm³/mol. The van der Waals surface area contributed by atoms with Crippen LogP contribution in [-0.2, 0) is 31.8 Å². The summed E-state index contributed by atoms with van der Waals surface area (Å²) in [5.74, 6) is -0.521. The van der Waals surface area contributed by atoms with E-state index in [-0.39, 0.29) is 47.5 Å². The number of likely N-dealkylation sites (tertiary alicyclic amines) is 1. The van der Waals surface area contributed by atoms with E-state index < -0.39 is 34.9 Å². The van der Waals surface area contributed by atoms with Gasteiger partial charge in [-0.05, 0) is 99.3 Å². The summed E-state index contributed by atoms with van der Waals surface area (Å²) >= 11 is 5.79. The van der Waals surface area contributed by atoms with Crippen molar-refractivity contribution in [1.29, 1.82) is 5.26 Å². The summed E-state index contributed by atoms with van der Waals surface area (Å²) in [6.45, 7) is 6.21. The summed E-state index contributed by atoms with van der Waals surface area (Å²) in [6.07, 6.45) is -0.764. The summed E-state index contributed by atoms with van der Waals surface area (Å²) in [5.41, 5.74) is -0.372. The van der Waals surface area contributed by atoms with Gasteiger partial charge in [-0.2, -0.15) is 18.4 Å². The van der Waals surface area contributed by atoms with Crippen LogP contribution in [0.5, 0.6) is 5.75 Å². The Morgan fingerprint density at radius 2 is 1.90 bits per heavy atom. The lowest BCUT2D eigenvalue weighted by Gasteiger charge is -2.43. The van der Waals surface area contributed by atoms with Crippen molar-refractivity contribution in [2.75, 3.05) is 46.7 Å². The molecule has 1 aliphatic carbocycles. The highest BCUT2D eigenvalue weighted by molar-refractivity contribution is 7.81. The summed E-state index contributed by atoms with van der Waals surface area (Å²) in [4.78, 5) is 61.7. The van der Waals surface area contributed by atoms with Gasteiger partial charge >= 0.3 is 6.18 Å². The molecule has 308 valence electrons. The Morgan fingerprint density at radius 1 is 1.12 bits per heavy atom. The molecule has 3 aromatic rings. The van der Waals surface area contributed by atoms with Crippen LogP contribution in [0.4, 0.5) is 35.9 Å². The standard InChI is InChI=1S/C41H42F3N9O5S/c1-3-24-16-27(53-39(59)52(38(57)40(53)12-5-13-40)28-18-29(41(42,43)44)31(19-45)46-20-28)8-10-33(24)58-15-14-51-32-21-50(23(2)36(32)51)22-35(55)48-26-7-4-6-25(17-26)47-30-9-11-34(54)49-37(30)56/h4,6-8,10,16-18,20,23,30,32,36,47H,3,5,9,11-15,21-22H2,1-2H3,(H,48,55)(H,49,54,56)/t23-,30?,32?,36-,51?/m1/s1. The van der Waals surface area contributed by atoms with Crippen LogP contribution in [0.3, 0.4) is 0 Å². The number of fused-ring (bicyclic) bond motifs is 1. The van der Waals surface area contributed by atoms with Gasteiger partial charge in [0, 0.05) is 54.7 Å². The first-order valence-electron chi connectivity index (χ1n) is 19.6. The number of hydrogen-bond acceptors (Lipinski definition) is 11. The fourth-order valence-electron chi connectivity index (χ4n) is 8.89. The number of ether oxygens (including phenoxy) is 1. The van der Waals surface area contributed by atoms with Gasteiger partial charge in [-0.1, -0.05) is 13.0 Å². The minimum absolute atomic E-state index is 0.0484. The zero-order valence-electron chi connectivity index (χ0n) is 32.3. The molecule has 3 N–H and O–H groups in total. The number of rotatable bonds is 12. The van der Waals surface area contributed by atoms with Crippen LogP contribution in [0.2, 0.25) is 0 Å². The number of anilines is 4. The number of alkyl halides is 3. The average molecular weight is 830 g/mol. The van der Waals surface area contributed by atoms with Crippen LogP contribution in [-0.4, -0.2) is 99.5 Å². The van der Waals surface area contributed by atoms with Crippen molar-refractivity contribution in [3.05, 3.63) is 71.5 Å². The van der Waals surface area contributed by atoms with E-state index in [4.69, 9.17) is 17.0 Å². The van der Waals surface area contributed by atoms with Crippen LogP contribution < -0.4 is 30.5 Å². The van der Waals surface area contributed by atoms with E-state index in [0.29, 0.717) is 73.7 Å². The van der Waals surface area contributed by atoms with E-state index in [1.165, 1.54) is 6.07 Å². The van der Waals surface area contributed by atoms with Gasteiger partial charge in [0.2, 0.25) is 17.7 Å². The van der Waals surface area contributed by atoms with E-state index >= 15 is 0 Å². The molecule has 4 aliphatic heterocycles. The average Bonchev–Trinajstić information content (AvgIpc) is 3.67. The number of nitriles is 1. The number of halogens is 3. The molecule has 2 aromatic carbocycles. The van der Waals surface area contributed by atoms with Gasteiger partial charge in [0.15, 0.2) is 10.8 Å². The van der Waals surface area contributed by atoms with Crippen molar-refractivity contribution < 1.29 is 37.1 Å². The van der Waals surface area contributed by atoms with Gasteiger partial charge in [0.1, 0.15) is 30.0 Å². The number of thiocarbonyl (C=S) groups is 1. The number of nitrogens with zero attached hydrogens (tertiary/aromatic N) is 6. The molecule has 18 heteroatoms. The number of aryl methyl sites for hydroxylation is 1. The normalized spacial score (nSPS) is 24.7. The number of hydrogen-bond donors (Lipinski definition) is 3. The SMILES string of the molecule is CCc1cc(N2C(=S)N(c3cnc(C#N)c(C(F)(F)F)c3)C(=O)C23CCC3)ccc1OCCN1C2CN(CC(=O)Nc3cccc(NC4CCC(=O)NC4=O)c3)[C@H](C)[C@H]21. The van der Waals surface area contributed by atoms with Crippen molar-refractivity contribution >= 4 is 63.7 Å². The van der Waals surface area contributed by atoms with E-state index in [2.05, 4.69) is 37.7 Å². The molecular weight excluding hydrogens is 788 g/mol. The predicted octanol–water partition coefficient (Wildman–Crippen LogP) is 4.59. The Labute approximate surface area is 343 Å². The third-order valence-electron chi connectivity index (χ3n) is 12.1. The fourth-order valence-corrected chi connectivity index (χ4v) is 9.36. The number of amides is 4. The number of piperidine rings is 1. The van der Waals surface area contributed by atoms with Crippen LogP contribution in [0, 0.1) is 11.3 Å². The number of pyridine rings is 1. The molecular formula is C41H42F3N9O5S. The molecule has 5 fully saturated rings. The number of nitrogens with one attached hydrogen (secondary N) is 3. The Bertz CT molecular complexity index is 2280. The van der Waals surface area contributed by atoms with Gasteiger partial charge < -0.3 is 20.3 Å². The summed E-state index contributed by atoms with van der Waals surface area (Å²) in [6, 6.07) is 15.2. The first-order valence-corrected chi connectivity index (χ1v) is 20.0. The van der Waals surface area contributed by atoms with Gasteiger partial charge in [0.05, 0.1) is 24.0 Å². The third-order valence-corrected chi connectivity index (χ3v) is 12.5. The lowest BCUT2D eigenvalue weighted by molar-refractivity contribution is -0.138. The van der Waals surface area contributed by atoms with Crippen LogP contribution in [0.25, 0.3) is 0 Å². The molecule has 14 nitrogen and oxygen atoms in total. The van der Waals surface area contributed by atoms with Gasteiger partial charge in [-0.3, -0.25) is 39.2 Å². The van der Waals surface area contributed by atoms with Crippen LogP contribution >= 0.6 is 12.2 Å². The Morgan fingerprint density at radius 3 is 2.56 bits per heavy atom. The number of carbonyl (C=O) groups is 4. The van der Waals surface area contributed by atoms with E-state index in [1.807, 2.05) is 25.1 Å². The van der Waals surface area contributed by atoms with Gasteiger partial charge in [0.25, 0.3) is 5.91 Å². The Balaban J connectivity index is 0.851. The number of aromatic nitrogens is 1. The van der Waals surface area contributed by atoms with Crippen molar-refractivity contribution in [2.45, 2.75) is 88.3 Å². The maximum Gasteiger partial charge on any atom is 0.419 e. The maximum atomic E-state index is 13.9. The quantitative estimate of drug-likeness (QED) is 0.133. The maximum absolute atomic E-state index is 13.9. The molecule has 3 unspecified atom stereocenters. The summed E-state index contributed by atoms with van der Waals surface area (Å²) in [7, 11) is 0. The monoisotopic (exact) mass is 829 g/mol. The third kappa shape index (κ3) is 7.47. The molecule has 0 bridgehead atoms. The number of piperazine rings is 1. The Hall–Kier alpha value is -5.64. The highest BCUT2D eigenvalue weighted by Crippen LogP contribution is 2.49. The summed E-state index contributed by atoms with van der Waals surface area (Å²) in [5, 5.41) is 17.7. The zero-order chi connectivity index (χ0) is 41.8.